The van der Waals surface area contributed by atoms with Crippen LogP contribution in [-0.4, -0.2) is 21.8 Å². The fourth-order valence-electron chi connectivity index (χ4n) is 3.89. The molecule has 1 aliphatic heterocycles. The topological polar surface area (TPSA) is 70.5 Å². The Kier molecular flexibility index (Phi) is 5.59. The monoisotopic (exact) mass is 494 g/mol. The van der Waals surface area contributed by atoms with E-state index in [1.54, 1.807) is 24.4 Å². The summed E-state index contributed by atoms with van der Waals surface area (Å²) in [5.74, 6) is -4.32. The largest absolute Gasteiger partial charge is 0.503 e. The number of thiazole rings is 1. The Hall–Kier alpha value is -3.69. The van der Waals surface area contributed by atoms with Crippen LogP contribution in [0.1, 0.15) is 26.3 Å². The lowest BCUT2D eigenvalue weighted by molar-refractivity contribution is -0.117. The van der Waals surface area contributed by atoms with Gasteiger partial charge in [0.1, 0.15) is 11.0 Å². The summed E-state index contributed by atoms with van der Waals surface area (Å²) in [6.07, 6.45) is 0. The first-order valence-corrected chi connectivity index (χ1v) is 11.9. The third kappa shape index (κ3) is 3.63. The number of carbonyl (C=O) groups excluding carboxylic acids is 2. The predicted octanol–water partition coefficient (Wildman–Crippen LogP) is 6.24. The van der Waals surface area contributed by atoms with Gasteiger partial charge in [0.2, 0.25) is 5.78 Å². The van der Waals surface area contributed by atoms with Crippen LogP contribution in [0.5, 0.6) is 0 Å². The fraction of sp³-hybridized carbons (Fsp3) is 0.0800. The van der Waals surface area contributed by atoms with E-state index in [1.165, 1.54) is 28.7 Å². The minimum atomic E-state index is -1.14. The van der Waals surface area contributed by atoms with Crippen LogP contribution < -0.4 is 4.90 Å². The number of thiophene rings is 1. The average molecular weight is 495 g/mol. The van der Waals surface area contributed by atoms with Crippen LogP contribution in [0.4, 0.5) is 14.5 Å². The normalized spacial score (nSPS) is 15.9. The number of benzene rings is 2. The molecule has 1 aliphatic rings. The van der Waals surface area contributed by atoms with Gasteiger partial charge in [-0.2, -0.15) is 0 Å². The van der Waals surface area contributed by atoms with E-state index in [9.17, 15) is 23.5 Å². The van der Waals surface area contributed by atoms with Crippen molar-refractivity contribution in [3.63, 3.8) is 0 Å². The molecule has 5 nitrogen and oxygen atoms in total. The van der Waals surface area contributed by atoms with Gasteiger partial charge in [-0.05, 0) is 30.5 Å². The molecule has 1 atom stereocenters. The second-order valence-electron chi connectivity index (χ2n) is 7.58. The quantitative estimate of drug-likeness (QED) is 0.334. The fourth-order valence-corrected chi connectivity index (χ4v) is 5.74. The molecule has 0 aliphatic carbocycles. The Morgan fingerprint density at radius 1 is 1.06 bits per heavy atom. The minimum absolute atomic E-state index is 0.0302. The Morgan fingerprint density at radius 3 is 2.50 bits per heavy atom. The number of nitrogens with zero attached hydrogens (tertiary/aromatic N) is 2. The number of hydrogen-bond acceptors (Lipinski definition) is 6. The van der Waals surface area contributed by atoms with Crippen LogP contribution in [0, 0.1) is 18.6 Å². The highest BCUT2D eigenvalue weighted by Gasteiger charge is 2.46. The maximum atomic E-state index is 14.0. The molecule has 0 fully saturated rings. The summed E-state index contributed by atoms with van der Waals surface area (Å²) in [6, 6.07) is 14.8. The number of anilines is 1. The van der Waals surface area contributed by atoms with Crippen molar-refractivity contribution < 1.29 is 23.5 Å². The Morgan fingerprint density at radius 2 is 1.82 bits per heavy atom. The number of amides is 1. The van der Waals surface area contributed by atoms with Gasteiger partial charge in [-0.3, -0.25) is 14.5 Å². The van der Waals surface area contributed by atoms with Gasteiger partial charge in [-0.25, -0.2) is 13.8 Å². The summed E-state index contributed by atoms with van der Waals surface area (Å²) in [6.45, 7) is 1.69. The van der Waals surface area contributed by atoms with Crippen molar-refractivity contribution in [2.24, 2.45) is 0 Å². The summed E-state index contributed by atoms with van der Waals surface area (Å²) in [4.78, 5) is 33.3. The summed E-state index contributed by atoms with van der Waals surface area (Å²) < 4.78 is 27.6. The van der Waals surface area contributed by atoms with Crippen LogP contribution in [0.3, 0.4) is 0 Å². The van der Waals surface area contributed by atoms with Crippen molar-refractivity contribution in [2.45, 2.75) is 13.0 Å². The molecule has 2 aromatic carbocycles. The van der Waals surface area contributed by atoms with Crippen LogP contribution in [0.25, 0.3) is 10.6 Å². The van der Waals surface area contributed by atoms with E-state index in [-0.39, 0.29) is 11.3 Å². The molecule has 34 heavy (non-hydrogen) atoms. The van der Waals surface area contributed by atoms with Crippen molar-refractivity contribution in [3.05, 3.63) is 104 Å². The van der Waals surface area contributed by atoms with Crippen LogP contribution in [0.15, 0.2) is 77.4 Å². The highest BCUT2D eigenvalue weighted by molar-refractivity contribution is 7.17. The number of aliphatic hydroxyl groups excluding tert-OH is 1. The van der Waals surface area contributed by atoms with Crippen molar-refractivity contribution in [2.75, 3.05) is 4.90 Å². The van der Waals surface area contributed by atoms with Crippen molar-refractivity contribution in [1.82, 2.24) is 4.98 Å². The standard InChI is InChI=1S/C25H16F2N2O3S2/c1-13-23(34-24(28-13)14-6-3-2-4-7-14)21(30)19-20(18-8-5-11-33-18)29(25(32)22(19)31)15-9-10-16(26)17(27)12-15/h2-12,20,31H,1H3. The van der Waals surface area contributed by atoms with Gasteiger partial charge < -0.3 is 5.11 Å². The minimum Gasteiger partial charge on any atom is -0.503 e. The van der Waals surface area contributed by atoms with Gasteiger partial charge >= 0.3 is 0 Å². The van der Waals surface area contributed by atoms with Crippen molar-refractivity contribution >= 4 is 40.1 Å². The molecule has 0 saturated heterocycles. The molecular weight excluding hydrogens is 478 g/mol. The summed E-state index contributed by atoms with van der Waals surface area (Å²) in [7, 11) is 0. The SMILES string of the molecule is Cc1nc(-c2ccccc2)sc1C(=O)C1=C(O)C(=O)N(c2ccc(F)c(F)c2)C1c1cccs1. The van der Waals surface area contributed by atoms with E-state index in [0.29, 0.717) is 20.5 Å². The van der Waals surface area contributed by atoms with Gasteiger partial charge in [0.25, 0.3) is 5.91 Å². The summed E-state index contributed by atoms with van der Waals surface area (Å²) in [5.41, 5.74) is 1.22. The molecule has 1 amide bonds. The lowest BCUT2D eigenvalue weighted by Crippen LogP contribution is -2.30. The number of ketones is 1. The number of aliphatic hydroxyl groups is 1. The molecule has 0 saturated carbocycles. The molecule has 1 unspecified atom stereocenters. The van der Waals surface area contributed by atoms with E-state index < -0.39 is 35.1 Å². The molecule has 0 bridgehead atoms. The average Bonchev–Trinajstić information content (AvgIpc) is 3.55. The summed E-state index contributed by atoms with van der Waals surface area (Å²) in [5, 5.41) is 13.2. The first-order valence-electron chi connectivity index (χ1n) is 10.2. The summed E-state index contributed by atoms with van der Waals surface area (Å²) >= 11 is 2.45. The van der Waals surface area contributed by atoms with E-state index >= 15 is 0 Å². The molecular formula is C25H16F2N2O3S2. The van der Waals surface area contributed by atoms with Gasteiger partial charge in [0, 0.05) is 22.2 Å². The zero-order valence-corrected chi connectivity index (χ0v) is 19.3. The molecule has 2 aromatic heterocycles. The van der Waals surface area contributed by atoms with E-state index in [2.05, 4.69) is 4.98 Å². The molecule has 0 spiro atoms. The Balaban J connectivity index is 1.61. The van der Waals surface area contributed by atoms with E-state index in [1.807, 2.05) is 30.3 Å². The third-order valence-electron chi connectivity index (χ3n) is 5.47. The molecule has 3 heterocycles. The third-order valence-corrected chi connectivity index (χ3v) is 7.60. The van der Waals surface area contributed by atoms with Crippen LogP contribution >= 0.6 is 22.7 Å². The van der Waals surface area contributed by atoms with Crippen molar-refractivity contribution in [3.8, 4) is 10.6 Å². The van der Waals surface area contributed by atoms with Gasteiger partial charge in [-0.1, -0.05) is 36.4 Å². The maximum Gasteiger partial charge on any atom is 0.294 e. The van der Waals surface area contributed by atoms with E-state index in [0.717, 1.165) is 22.6 Å². The Labute approximate surface area is 201 Å². The lowest BCUT2D eigenvalue weighted by Gasteiger charge is -2.25. The smallest absolute Gasteiger partial charge is 0.294 e. The number of carbonyl (C=O) groups is 2. The molecule has 0 radical (unpaired) electrons. The van der Waals surface area contributed by atoms with Gasteiger partial charge in [-0.15, -0.1) is 22.7 Å². The number of rotatable bonds is 5. The number of aromatic nitrogens is 1. The predicted molar refractivity (Wildman–Crippen MR) is 127 cm³/mol. The second kappa shape index (κ2) is 8.58. The van der Waals surface area contributed by atoms with Gasteiger partial charge in [0.05, 0.1) is 16.1 Å². The van der Waals surface area contributed by atoms with E-state index in [4.69, 9.17) is 0 Å². The van der Waals surface area contributed by atoms with Crippen molar-refractivity contribution in [1.29, 1.82) is 0 Å². The Bertz CT molecular complexity index is 1450. The molecule has 1 N–H and O–H groups in total. The molecule has 4 aromatic rings. The highest BCUT2D eigenvalue weighted by Crippen LogP contribution is 2.44. The zero-order valence-electron chi connectivity index (χ0n) is 17.7. The molecule has 170 valence electrons. The number of Topliss-reactive ketones (excluding diaryl/α,β-unsaturated/α-hetero) is 1. The number of halogens is 2. The van der Waals surface area contributed by atoms with Crippen LogP contribution in [0.2, 0.25) is 0 Å². The molecule has 9 heteroatoms. The second-order valence-corrected chi connectivity index (χ2v) is 9.56. The maximum absolute atomic E-state index is 14.0. The van der Waals surface area contributed by atoms with Gasteiger partial charge in [0.15, 0.2) is 17.4 Å². The number of aryl methyl sites for hydroxylation is 1. The zero-order chi connectivity index (χ0) is 24.0. The first-order chi connectivity index (χ1) is 16.4. The first kappa shape index (κ1) is 22.1. The lowest BCUT2D eigenvalue weighted by atomic mass is 10.00. The highest BCUT2D eigenvalue weighted by atomic mass is 32.1. The van der Waals surface area contributed by atoms with Crippen LogP contribution in [-0.2, 0) is 4.79 Å². The number of hydrogen-bond donors (Lipinski definition) is 1. The molecule has 5 rings (SSSR count).